The minimum atomic E-state index is -0.0697. The van der Waals surface area contributed by atoms with Gasteiger partial charge in [0.15, 0.2) is 5.58 Å². The van der Waals surface area contributed by atoms with E-state index in [2.05, 4.69) is 11.1 Å². The summed E-state index contributed by atoms with van der Waals surface area (Å²) in [6.45, 7) is 2.34. The maximum absolute atomic E-state index is 12.6. The Kier molecular flexibility index (Phi) is 7.68. The summed E-state index contributed by atoms with van der Waals surface area (Å²) in [6.07, 6.45) is 3.40. The number of carbonyl (C=O) groups is 1. The second kappa shape index (κ2) is 11.5. The van der Waals surface area contributed by atoms with Gasteiger partial charge in [0.05, 0.1) is 25.4 Å². The van der Waals surface area contributed by atoms with E-state index >= 15 is 0 Å². The lowest BCUT2D eigenvalue weighted by Gasteiger charge is -2.23. The number of carbonyl (C=O) groups excluding carboxylic acids is 1. The van der Waals surface area contributed by atoms with Gasteiger partial charge in [0, 0.05) is 62.5 Å². The SMILES string of the molecule is COCCN(C)C(=O)c1ccc(-c2cc3nccc(-c4ccc(OC5CCOCC5)c(C#N)c4)c3o2)cc1. The molecule has 1 aliphatic heterocycles. The van der Waals surface area contributed by atoms with Gasteiger partial charge in [-0.1, -0.05) is 18.2 Å². The third kappa shape index (κ3) is 5.40. The topological polar surface area (TPSA) is 97.8 Å². The molecule has 1 fully saturated rings. The van der Waals surface area contributed by atoms with Crippen molar-refractivity contribution in [1.82, 2.24) is 9.88 Å². The molecule has 194 valence electrons. The van der Waals surface area contributed by atoms with Crippen molar-refractivity contribution in [2.45, 2.75) is 18.9 Å². The summed E-state index contributed by atoms with van der Waals surface area (Å²) < 4.78 is 22.8. The van der Waals surface area contributed by atoms with Crippen LogP contribution in [-0.4, -0.2) is 62.4 Å². The van der Waals surface area contributed by atoms with Crippen LogP contribution in [0.25, 0.3) is 33.6 Å². The molecule has 0 aliphatic carbocycles. The van der Waals surface area contributed by atoms with Crippen molar-refractivity contribution in [1.29, 1.82) is 5.26 Å². The summed E-state index contributed by atoms with van der Waals surface area (Å²) in [6, 6.07) is 19.0. The first kappa shape index (κ1) is 25.5. The summed E-state index contributed by atoms with van der Waals surface area (Å²) in [5.74, 6) is 1.16. The number of ether oxygens (including phenoxy) is 3. The molecule has 4 aromatic rings. The van der Waals surface area contributed by atoms with Gasteiger partial charge in [0.25, 0.3) is 5.91 Å². The van der Waals surface area contributed by atoms with Crippen LogP contribution in [0.5, 0.6) is 5.75 Å². The molecule has 5 rings (SSSR count). The quantitative estimate of drug-likeness (QED) is 0.316. The molecule has 0 radical (unpaired) electrons. The van der Waals surface area contributed by atoms with Crippen molar-refractivity contribution in [3.63, 3.8) is 0 Å². The molecular formula is C30H29N3O5. The molecule has 0 atom stereocenters. The average Bonchev–Trinajstić information content (AvgIpc) is 3.41. The largest absolute Gasteiger partial charge is 0.489 e. The molecule has 0 bridgehead atoms. The van der Waals surface area contributed by atoms with Gasteiger partial charge in [-0.05, 0) is 35.9 Å². The minimum absolute atomic E-state index is 0.0504. The molecule has 3 heterocycles. The molecule has 2 aromatic carbocycles. The highest BCUT2D eigenvalue weighted by atomic mass is 16.5. The highest BCUT2D eigenvalue weighted by molar-refractivity contribution is 5.95. The second-order valence-corrected chi connectivity index (χ2v) is 9.23. The van der Waals surface area contributed by atoms with E-state index < -0.39 is 0 Å². The standard InChI is InChI=1S/C30H29N3O5/c1-33(13-16-35-2)30(34)21-5-3-20(4-6-21)28-18-26-29(38-28)25(9-12-32-26)22-7-8-27(23(17-22)19-31)37-24-10-14-36-15-11-24/h3-9,12,17-18,24H,10-11,13-16H2,1-2H3. The molecule has 1 saturated heterocycles. The zero-order valence-corrected chi connectivity index (χ0v) is 21.5. The van der Waals surface area contributed by atoms with Gasteiger partial charge in [-0.15, -0.1) is 0 Å². The van der Waals surface area contributed by atoms with Crippen LogP contribution < -0.4 is 4.74 Å². The van der Waals surface area contributed by atoms with Gasteiger partial charge in [-0.3, -0.25) is 9.78 Å². The predicted octanol–water partition coefficient (Wildman–Crippen LogP) is 5.31. The third-order valence-electron chi connectivity index (χ3n) is 6.68. The smallest absolute Gasteiger partial charge is 0.253 e. The van der Waals surface area contributed by atoms with Crippen molar-refractivity contribution >= 4 is 17.0 Å². The number of likely N-dealkylation sites (N-methyl/N-ethyl adjacent to an activating group) is 1. The summed E-state index contributed by atoms with van der Waals surface area (Å²) in [5.41, 5.74) is 4.91. The summed E-state index contributed by atoms with van der Waals surface area (Å²) in [4.78, 5) is 18.7. The van der Waals surface area contributed by atoms with Crippen LogP contribution in [0, 0.1) is 11.3 Å². The maximum atomic E-state index is 12.6. The molecular weight excluding hydrogens is 482 g/mol. The highest BCUT2D eigenvalue weighted by Gasteiger charge is 2.19. The van der Waals surface area contributed by atoms with E-state index in [-0.39, 0.29) is 12.0 Å². The Morgan fingerprint density at radius 3 is 2.61 bits per heavy atom. The third-order valence-corrected chi connectivity index (χ3v) is 6.68. The lowest BCUT2D eigenvalue weighted by molar-refractivity contribution is 0.0254. The number of methoxy groups -OCH3 is 1. The predicted molar refractivity (Wildman–Crippen MR) is 143 cm³/mol. The fraction of sp³-hybridized carbons (Fsp3) is 0.300. The van der Waals surface area contributed by atoms with Gasteiger partial charge in [-0.25, -0.2) is 0 Å². The molecule has 0 spiro atoms. The number of pyridine rings is 1. The first-order valence-electron chi connectivity index (χ1n) is 12.6. The first-order valence-corrected chi connectivity index (χ1v) is 12.6. The van der Waals surface area contributed by atoms with Crippen molar-refractivity contribution in [2.75, 3.05) is 40.5 Å². The number of furan rings is 1. The first-order chi connectivity index (χ1) is 18.6. The van der Waals surface area contributed by atoms with Gasteiger partial charge in [0.2, 0.25) is 0 Å². The summed E-state index contributed by atoms with van der Waals surface area (Å²) >= 11 is 0. The number of aromatic nitrogens is 1. The van der Waals surface area contributed by atoms with E-state index in [1.54, 1.807) is 37.4 Å². The van der Waals surface area contributed by atoms with E-state index in [1.165, 1.54) is 0 Å². The molecule has 8 heteroatoms. The van der Waals surface area contributed by atoms with Crippen LogP contribution in [-0.2, 0) is 9.47 Å². The van der Waals surface area contributed by atoms with Crippen LogP contribution in [0.15, 0.2) is 65.2 Å². The summed E-state index contributed by atoms with van der Waals surface area (Å²) in [5, 5.41) is 9.80. The maximum Gasteiger partial charge on any atom is 0.253 e. The fourth-order valence-electron chi connectivity index (χ4n) is 4.50. The molecule has 2 aromatic heterocycles. The van der Waals surface area contributed by atoms with Crippen molar-refractivity contribution in [3.05, 3.63) is 71.9 Å². The Hall–Kier alpha value is -4.19. The van der Waals surface area contributed by atoms with Gasteiger partial charge >= 0.3 is 0 Å². The number of benzene rings is 2. The number of fused-ring (bicyclic) bond motifs is 1. The van der Waals surface area contributed by atoms with E-state index in [9.17, 15) is 10.1 Å². The van der Waals surface area contributed by atoms with E-state index in [4.69, 9.17) is 18.6 Å². The highest BCUT2D eigenvalue weighted by Crippen LogP contribution is 2.35. The van der Waals surface area contributed by atoms with E-state index in [0.717, 1.165) is 29.5 Å². The zero-order valence-electron chi connectivity index (χ0n) is 21.5. The molecule has 1 amide bonds. The average molecular weight is 512 g/mol. The number of nitrogens with zero attached hydrogens (tertiary/aromatic N) is 3. The molecule has 8 nitrogen and oxygen atoms in total. The van der Waals surface area contributed by atoms with Crippen molar-refractivity contribution in [3.8, 4) is 34.3 Å². The fourth-order valence-corrected chi connectivity index (χ4v) is 4.50. The zero-order chi connectivity index (χ0) is 26.5. The normalized spacial score (nSPS) is 13.8. The molecule has 0 saturated carbocycles. The lowest BCUT2D eigenvalue weighted by atomic mass is 10.0. The molecule has 38 heavy (non-hydrogen) atoms. The number of amides is 1. The van der Waals surface area contributed by atoms with Crippen LogP contribution in [0.3, 0.4) is 0 Å². The molecule has 0 unspecified atom stereocenters. The van der Waals surface area contributed by atoms with Crippen LogP contribution >= 0.6 is 0 Å². The monoisotopic (exact) mass is 511 g/mol. The number of rotatable bonds is 8. The Balaban J connectivity index is 1.40. The number of hydrogen-bond acceptors (Lipinski definition) is 7. The Labute approximate surface area is 221 Å². The summed E-state index contributed by atoms with van der Waals surface area (Å²) in [7, 11) is 3.37. The number of hydrogen-bond donors (Lipinski definition) is 0. The Morgan fingerprint density at radius 2 is 1.87 bits per heavy atom. The Bertz CT molecular complexity index is 1470. The van der Waals surface area contributed by atoms with Gasteiger partial charge in [-0.2, -0.15) is 5.26 Å². The van der Waals surface area contributed by atoms with Crippen LogP contribution in [0.2, 0.25) is 0 Å². The van der Waals surface area contributed by atoms with Crippen molar-refractivity contribution in [2.24, 2.45) is 0 Å². The van der Waals surface area contributed by atoms with Crippen LogP contribution in [0.1, 0.15) is 28.8 Å². The second-order valence-electron chi connectivity index (χ2n) is 9.23. The molecule has 1 aliphatic rings. The lowest BCUT2D eigenvalue weighted by Crippen LogP contribution is -2.29. The Morgan fingerprint density at radius 1 is 1.11 bits per heavy atom. The van der Waals surface area contributed by atoms with Crippen molar-refractivity contribution < 1.29 is 23.4 Å². The van der Waals surface area contributed by atoms with Gasteiger partial charge < -0.3 is 23.5 Å². The van der Waals surface area contributed by atoms with E-state index in [1.807, 2.05) is 42.5 Å². The molecule has 0 N–H and O–H groups in total. The minimum Gasteiger partial charge on any atom is -0.489 e. The number of nitriles is 1. The van der Waals surface area contributed by atoms with Crippen LogP contribution in [0.4, 0.5) is 0 Å². The van der Waals surface area contributed by atoms with E-state index in [0.29, 0.717) is 60.1 Å². The van der Waals surface area contributed by atoms with Gasteiger partial charge in [0.1, 0.15) is 29.2 Å².